The Labute approximate surface area is 201 Å². The summed E-state index contributed by atoms with van der Waals surface area (Å²) in [7, 11) is 0. The molecule has 2 aromatic carbocycles. The maximum absolute atomic E-state index is 4.16. The van der Waals surface area contributed by atoms with Gasteiger partial charge >= 0.3 is 0 Å². The van der Waals surface area contributed by atoms with Crippen molar-refractivity contribution in [2.45, 2.75) is 83.1 Å². The summed E-state index contributed by atoms with van der Waals surface area (Å²) in [5.74, 6) is 5.58. The second-order valence-corrected chi connectivity index (χ2v) is 12.4. The molecule has 1 nitrogen and oxygen atoms in total. The van der Waals surface area contributed by atoms with Gasteiger partial charge in [-0.05, 0) is 103 Å². The summed E-state index contributed by atoms with van der Waals surface area (Å²) in [5.41, 5.74) is 3.64. The number of rotatable bonds is 4. The first-order valence-corrected chi connectivity index (χ1v) is 14.0. The van der Waals surface area contributed by atoms with Crippen LogP contribution in [0.5, 0.6) is 0 Å². The van der Waals surface area contributed by atoms with Crippen molar-refractivity contribution >= 4 is 0 Å². The first kappa shape index (κ1) is 21.9. The number of piperidine rings is 1. The van der Waals surface area contributed by atoms with E-state index in [0.717, 1.165) is 35.5 Å². The van der Waals surface area contributed by atoms with Crippen LogP contribution in [-0.4, -0.2) is 12.6 Å². The lowest BCUT2D eigenvalue weighted by Crippen LogP contribution is -2.49. The molecule has 1 heterocycles. The smallest absolute Gasteiger partial charge is 0.0135 e. The van der Waals surface area contributed by atoms with Gasteiger partial charge in [0.1, 0.15) is 0 Å². The van der Waals surface area contributed by atoms with Crippen LogP contribution in [0.15, 0.2) is 60.7 Å². The van der Waals surface area contributed by atoms with E-state index < -0.39 is 0 Å². The highest BCUT2D eigenvalue weighted by Gasteiger charge is 2.61. The maximum Gasteiger partial charge on any atom is 0.0135 e. The summed E-state index contributed by atoms with van der Waals surface area (Å²) >= 11 is 0. The Morgan fingerprint density at radius 1 is 0.667 bits per heavy atom. The highest BCUT2D eigenvalue weighted by atomic mass is 15.0. The van der Waals surface area contributed by atoms with E-state index in [1.54, 1.807) is 11.1 Å². The van der Waals surface area contributed by atoms with E-state index in [0.29, 0.717) is 17.4 Å². The molecule has 0 radical (unpaired) electrons. The molecule has 1 saturated heterocycles. The molecule has 0 spiro atoms. The van der Waals surface area contributed by atoms with Crippen LogP contribution in [0.3, 0.4) is 0 Å². The van der Waals surface area contributed by atoms with E-state index in [9.17, 15) is 0 Å². The summed E-state index contributed by atoms with van der Waals surface area (Å²) in [6.07, 6.45) is 11.3. The zero-order valence-electron chi connectivity index (χ0n) is 20.8. The first-order valence-electron chi connectivity index (χ1n) is 14.0. The van der Waals surface area contributed by atoms with Gasteiger partial charge in [0, 0.05) is 6.04 Å². The van der Waals surface area contributed by atoms with Crippen LogP contribution in [0.25, 0.3) is 0 Å². The van der Waals surface area contributed by atoms with Crippen LogP contribution in [0, 0.1) is 35.0 Å². The Bertz CT molecular complexity index is 912. The monoisotopic (exact) mass is 441 g/mol. The third-order valence-electron chi connectivity index (χ3n) is 10.7. The standard InChI is InChI=1S/C32H43N/c1-32(2,24-16-9-10-17-24)30-29-26(23-14-7-4-8-15-23)20-19-25(22-12-5-3-6-13-22)28(29)27-18-11-21-33-31(27)30/h3-8,12-15,24-31,33H,9-11,16-21H2,1-2H3. The van der Waals surface area contributed by atoms with Gasteiger partial charge in [0.25, 0.3) is 0 Å². The lowest BCUT2D eigenvalue weighted by Gasteiger charge is -2.49. The molecule has 1 heteroatoms. The van der Waals surface area contributed by atoms with Crippen molar-refractivity contribution in [3.63, 3.8) is 0 Å². The van der Waals surface area contributed by atoms with Crippen molar-refractivity contribution in [1.29, 1.82) is 0 Å². The third-order valence-corrected chi connectivity index (χ3v) is 10.7. The van der Waals surface area contributed by atoms with Crippen molar-refractivity contribution < 1.29 is 0 Å². The fraction of sp³-hybridized carbons (Fsp3) is 0.625. The van der Waals surface area contributed by atoms with Crippen molar-refractivity contribution in [3.8, 4) is 0 Å². The quantitative estimate of drug-likeness (QED) is 0.510. The number of fused-ring (bicyclic) bond motifs is 3. The lowest BCUT2D eigenvalue weighted by molar-refractivity contribution is 0.0334. The van der Waals surface area contributed by atoms with Crippen LogP contribution in [0.2, 0.25) is 0 Å². The van der Waals surface area contributed by atoms with E-state index >= 15 is 0 Å². The van der Waals surface area contributed by atoms with E-state index in [1.165, 1.54) is 57.9 Å². The number of hydrogen-bond donors (Lipinski definition) is 1. The minimum absolute atomic E-state index is 0.411. The highest BCUT2D eigenvalue weighted by molar-refractivity contribution is 5.30. The Morgan fingerprint density at radius 2 is 1.24 bits per heavy atom. The van der Waals surface area contributed by atoms with Crippen molar-refractivity contribution in [3.05, 3.63) is 71.8 Å². The Morgan fingerprint density at radius 3 is 1.85 bits per heavy atom. The molecule has 7 unspecified atom stereocenters. The van der Waals surface area contributed by atoms with Gasteiger partial charge in [-0.25, -0.2) is 0 Å². The minimum atomic E-state index is 0.411. The first-order chi connectivity index (χ1) is 16.2. The number of hydrogen-bond acceptors (Lipinski definition) is 1. The fourth-order valence-corrected chi connectivity index (χ4v) is 9.44. The topological polar surface area (TPSA) is 12.0 Å². The molecule has 7 atom stereocenters. The molecule has 4 aliphatic rings. The van der Waals surface area contributed by atoms with Crippen LogP contribution in [-0.2, 0) is 0 Å². The van der Waals surface area contributed by atoms with Crippen molar-refractivity contribution in [2.24, 2.45) is 35.0 Å². The predicted octanol–water partition coefficient (Wildman–Crippen LogP) is 7.79. The molecule has 176 valence electrons. The maximum atomic E-state index is 4.16. The Kier molecular flexibility index (Phi) is 5.89. The molecule has 4 fully saturated rings. The summed E-state index contributed by atoms with van der Waals surface area (Å²) in [4.78, 5) is 0. The van der Waals surface area contributed by atoms with Gasteiger partial charge in [0.05, 0.1) is 0 Å². The lowest BCUT2D eigenvalue weighted by atomic mass is 9.56. The Balaban J connectivity index is 1.47. The molecule has 33 heavy (non-hydrogen) atoms. The molecule has 3 saturated carbocycles. The molecule has 3 aliphatic carbocycles. The summed E-state index contributed by atoms with van der Waals surface area (Å²) < 4.78 is 0. The summed E-state index contributed by atoms with van der Waals surface area (Å²) in [6, 6.07) is 24.0. The number of benzene rings is 2. The fourth-order valence-electron chi connectivity index (χ4n) is 9.44. The summed E-state index contributed by atoms with van der Waals surface area (Å²) in [6.45, 7) is 6.58. The molecule has 0 aromatic heterocycles. The van der Waals surface area contributed by atoms with E-state index in [2.05, 4.69) is 79.8 Å². The third kappa shape index (κ3) is 3.70. The normalized spacial score (nSPS) is 37.0. The SMILES string of the molecule is CC(C)(C1CCCC1)C1C2NCCCC2C2C(c3ccccc3)CCC(c3ccccc3)C21. The van der Waals surface area contributed by atoms with Crippen LogP contribution >= 0.6 is 0 Å². The molecule has 1 N–H and O–H groups in total. The van der Waals surface area contributed by atoms with E-state index in [-0.39, 0.29) is 0 Å². The molecular formula is C32H43N. The van der Waals surface area contributed by atoms with Gasteiger partial charge in [-0.3, -0.25) is 0 Å². The zero-order chi connectivity index (χ0) is 22.4. The molecule has 2 aromatic rings. The second-order valence-electron chi connectivity index (χ2n) is 12.4. The van der Waals surface area contributed by atoms with Gasteiger partial charge in [-0.2, -0.15) is 0 Å². The molecule has 1 aliphatic heterocycles. The molecule has 6 rings (SSSR count). The molecule has 0 amide bonds. The zero-order valence-corrected chi connectivity index (χ0v) is 20.8. The van der Waals surface area contributed by atoms with Crippen LogP contribution < -0.4 is 5.32 Å². The average Bonchev–Trinajstić information content (AvgIpc) is 3.52. The van der Waals surface area contributed by atoms with E-state index in [1.807, 2.05) is 0 Å². The van der Waals surface area contributed by atoms with Crippen LogP contribution in [0.4, 0.5) is 0 Å². The summed E-state index contributed by atoms with van der Waals surface area (Å²) in [5, 5.41) is 4.16. The number of nitrogens with one attached hydrogen (secondary N) is 1. The van der Waals surface area contributed by atoms with Crippen molar-refractivity contribution in [1.82, 2.24) is 5.32 Å². The minimum Gasteiger partial charge on any atom is -0.313 e. The van der Waals surface area contributed by atoms with Gasteiger partial charge in [-0.1, -0.05) is 87.4 Å². The Hall–Kier alpha value is -1.60. The predicted molar refractivity (Wildman–Crippen MR) is 138 cm³/mol. The second kappa shape index (κ2) is 8.88. The molecule has 0 bridgehead atoms. The van der Waals surface area contributed by atoms with Gasteiger partial charge in [0.15, 0.2) is 0 Å². The van der Waals surface area contributed by atoms with Crippen LogP contribution in [0.1, 0.15) is 88.2 Å². The van der Waals surface area contributed by atoms with Gasteiger partial charge in [-0.15, -0.1) is 0 Å². The van der Waals surface area contributed by atoms with Gasteiger partial charge in [0.2, 0.25) is 0 Å². The van der Waals surface area contributed by atoms with Gasteiger partial charge < -0.3 is 5.32 Å². The van der Waals surface area contributed by atoms with Crippen molar-refractivity contribution in [2.75, 3.05) is 6.54 Å². The average molecular weight is 442 g/mol. The van der Waals surface area contributed by atoms with E-state index in [4.69, 9.17) is 0 Å². The largest absolute Gasteiger partial charge is 0.313 e. The molecular weight excluding hydrogens is 398 g/mol. The highest BCUT2D eigenvalue weighted by Crippen LogP contribution is 2.66.